The van der Waals surface area contributed by atoms with Crippen LogP contribution in [0.3, 0.4) is 0 Å². The number of halogens is 1. The topological polar surface area (TPSA) is 19.4 Å². The minimum absolute atomic E-state index is 0.526. The molecule has 0 aliphatic heterocycles. The van der Waals surface area contributed by atoms with Gasteiger partial charge in [0.05, 0.1) is 0 Å². The molecule has 0 saturated heterocycles. The Morgan fingerprint density at radius 1 is 1.24 bits per heavy atom. The fourth-order valence-electron chi connectivity index (χ4n) is 1.83. The van der Waals surface area contributed by atoms with Gasteiger partial charge in [-0.05, 0) is 51.2 Å². The molecule has 3 nitrogen and oxygen atoms in total. The van der Waals surface area contributed by atoms with Gasteiger partial charge >= 0.3 is 0 Å². The van der Waals surface area contributed by atoms with E-state index >= 15 is 0 Å². The molecule has 0 N–H and O–H groups in total. The summed E-state index contributed by atoms with van der Waals surface area (Å²) < 4.78 is 0. The molecule has 1 aromatic rings. The van der Waals surface area contributed by atoms with Crippen LogP contribution in [0.5, 0.6) is 0 Å². The second kappa shape index (κ2) is 6.82. The Hall–Kier alpha value is -0.800. The predicted molar refractivity (Wildman–Crippen MR) is 75.0 cm³/mol. The normalized spacial score (nSPS) is 10.9. The van der Waals surface area contributed by atoms with Crippen molar-refractivity contribution in [3.63, 3.8) is 0 Å². The third-order valence-corrected chi connectivity index (χ3v) is 3.03. The van der Waals surface area contributed by atoms with E-state index in [1.807, 2.05) is 6.20 Å². The van der Waals surface area contributed by atoms with Crippen molar-refractivity contribution in [1.82, 2.24) is 9.88 Å². The van der Waals surface area contributed by atoms with Crippen LogP contribution < -0.4 is 4.90 Å². The monoisotopic (exact) mass is 255 g/mol. The Bertz CT molecular complexity index is 353. The number of nitrogens with zero attached hydrogens (tertiary/aromatic N) is 3. The summed E-state index contributed by atoms with van der Waals surface area (Å²) in [6, 6.07) is 2.11. The first-order valence-corrected chi connectivity index (χ1v) is 6.45. The molecule has 4 heteroatoms. The number of alkyl halides is 1. The average molecular weight is 256 g/mol. The highest BCUT2D eigenvalue weighted by molar-refractivity contribution is 6.17. The lowest BCUT2D eigenvalue weighted by molar-refractivity contribution is 0.401. The molecule has 0 aliphatic rings. The maximum absolute atomic E-state index is 5.79. The van der Waals surface area contributed by atoms with Crippen LogP contribution in [0.4, 0.5) is 5.82 Å². The van der Waals surface area contributed by atoms with Gasteiger partial charge in [0.25, 0.3) is 0 Å². The van der Waals surface area contributed by atoms with Crippen LogP contribution in [0.15, 0.2) is 12.3 Å². The van der Waals surface area contributed by atoms with E-state index in [-0.39, 0.29) is 0 Å². The molecule has 0 spiro atoms. The van der Waals surface area contributed by atoms with Crippen LogP contribution in [0.2, 0.25) is 0 Å². The fourth-order valence-corrected chi connectivity index (χ4v) is 1.97. The number of aryl methyl sites for hydroxylation is 1. The average Bonchev–Trinajstić information content (AvgIpc) is 2.28. The molecule has 0 aliphatic carbocycles. The molecule has 0 amide bonds. The molecular formula is C13H22ClN3. The summed E-state index contributed by atoms with van der Waals surface area (Å²) in [5.74, 6) is 1.58. The SMILES string of the molecule is Cc1cc(CCl)cnc1N(C)CCCN(C)C. The number of hydrogen-bond acceptors (Lipinski definition) is 3. The van der Waals surface area contributed by atoms with Gasteiger partial charge in [-0.2, -0.15) is 0 Å². The molecule has 1 aromatic heterocycles. The van der Waals surface area contributed by atoms with Crippen molar-refractivity contribution in [1.29, 1.82) is 0 Å². The van der Waals surface area contributed by atoms with Crippen molar-refractivity contribution in [2.24, 2.45) is 0 Å². The Kier molecular flexibility index (Phi) is 5.72. The Balaban J connectivity index is 2.59. The minimum Gasteiger partial charge on any atom is -0.359 e. The first-order valence-electron chi connectivity index (χ1n) is 5.92. The lowest BCUT2D eigenvalue weighted by atomic mass is 10.2. The van der Waals surface area contributed by atoms with Crippen molar-refractivity contribution < 1.29 is 0 Å². The van der Waals surface area contributed by atoms with Gasteiger partial charge in [0.15, 0.2) is 0 Å². The zero-order chi connectivity index (χ0) is 12.8. The smallest absolute Gasteiger partial charge is 0.131 e. The highest BCUT2D eigenvalue weighted by atomic mass is 35.5. The first-order chi connectivity index (χ1) is 8.04. The summed E-state index contributed by atoms with van der Waals surface area (Å²) in [5.41, 5.74) is 2.27. The Labute approximate surface area is 109 Å². The molecule has 0 aromatic carbocycles. The van der Waals surface area contributed by atoms with E-state index in [0.717, 1.165) is 30.9 Å². The summed E-state index contributed by atoms with van der Waals surface area (Å²) in [5, 5.41) is 0. The van der Waals surface area contributed by atoms with Gasteiger partial charge in [0.1, 0.15) is 5.82 Å². The van der Waals surface area contributed by atoms with Crippen molar-refractivity contribution in [2.45, 2.75) is 19.2 Å². The summed E-state index contributed by atoms with van der Waals surface area (Å²) in [7, 11) is 6.28. The van der Waals surface area contributed by atoms with Crippen LogP contribution in [-0.2, 0) is 5.88 Å². The fraction of sp³-hybridized carbons (Fsp3) is 0.615. The van der Waals surface area contributed by atoms with Crippen molar-refractivity contribution in [3.05, 3.63) is 23.4 Å². The summed E-state index contributed by atoms with van der Waals surface area (Å²) in [6.45, 7) is 4.20. The van der Waals surface area contributed by atoms with Crippen LogP contribution in [0.1, 0.15) is 17.5 Å². The van der Waals surface area contributed by atoms with E-state index in [4.69, 9.17) is 11.6 Å². The molecule has 1 heterocycles. The van der Waals surface area contributed by atoms with E-state index in [9.17, 15) is 0 Å². The van der Waals surface area contributed by atoms with Crippen molar-refractivity contribution >= 4 is 17.4 Å². The largest absolute Gasteiger partial charge is 0.359 e. The molecule has 0 fully saturated rings. The van der Waals surface area contributed by atoms with Gasteiger partial charge in [-0.25, -0.2) is 4.98 Å². The second-order valence-electron chi connectivity index (χ2n) is 4.70. The lowest BCUT2D eigenvalue weighted by Gasteiger charge is -2.21. The van der Waals surface area contributed by atoms with Crippen molar-refractivity contribution in [3.8, 4) is 0 Å². The van der Waals surface area contributed by atoms with E-state index in [0.29, 0.717) is 5.88 Å². The van der Waals surface area contributed by atoms with Gasteiger partial charge in [-0.3, -0.25) is 0 Å². The van der Waals surface area contributed by atoms with Crippen molar-refractivity contribution in [2.75, 3.05) is 39.1 Å². The molecule has 0 unspecified atom stereocenters. The zero-order valence-corrected chi connectivity index (χ0v) is 12.0. The van der Waals surface area contributed by atoms with E-state index in [1.165, 1.54) is 5.56 Å². The Morgan fingerprint density at radius 3 is 2.47 bits per heavy atom. The molecule has 1 rings (SSSR count). The molecular weight excluding hydrogens is 234 g/mol. The number of anilines is 1. The summed E-state index contributed by atoms with van der Waals surface area (Å²) in [6.07, 6.45) is 3.00. The van der Waals surface area contributed by atoms with Gasteiger partial charge in [0, 0.05) is 25.7 Å². The summed E-state index contributed by atoms with van der Waals surface area (Å²) in [4.78, 5) is 8.88. The molecule has 0 saturated carbocycles. The minimum atomic E-state index is 0.526. The zero-order valence-electron chi connectivity index (χ0n) is 11.2. The second-order valence-corrected chi connectivity index (χ2v) is 4.96. The van der Waals surface area contributed by atoms with Crippen LogP contribution in [-0.4, -0.2) is 44.1 Å². The predicted octanol–water partition coefficient (Wildman–Crippen LogP) is 2.52. The highest BCUT2D eigenvalue weighted by Crippen LogP contribution is 2.17. The lowest BCUT2D eigenvalue weighted by Crippen LogP contribution is -2.24. The number of aromatic nitrogens is 1. The first kappa shape index (κ1) is 14.3. The number of rotatable bonds is 6. The van der Waals surface area contributed by atoms with E-state index in [1.54, 1.807) is 0 Å². The molecule has 17 heavy (non-hydrogen) atoms. The van der Waals surface area contributed by atoms with Crippen LogP contribution in [0.25, 0.3) is 0 Å². The van der Waals surface area contributed by atoms with Gasteiger partial charge < -0.3 is 9.80 Å². The molecule has 0 radical (unpaired) electrons. The van der Waals surface area contributed by atoms with Gasteiger partial charge in [0.2, 0.25) is 0 Å². The third kappa shape index (κ3) is 4.52. The van der Waals surface area contributed by atoms with Crippen LogP contribution >= 0.6 is 11.6 Å². The van der Waals surface area contributed by atoms with Crippen LogP contribution in [0, 0.1) is 6.92 Å². The van der Waals surface area contributed by atoms with Gasteiger partial charge in [-0.1, -0.05) is 0 Å². The standard InChI is InChI=1S/C13H22ClN3/c1-11-8-12(9-14)10-15-13(11)17(4)7-5-6-16(2)3/h8,10H,5-7,9H2,1-4H3. The molecule has 0 atom stereocenters. The summed E-state index contributed by atoms with van der Waals surface area (Å²) >= 11 is 5.79. The third-order valence-electron chi connectivity index (χ3n) is 2.72. The van der Waals surface area contributed by atoms with E-state index in [2.05, 4.69) is 48.9 Å². The maximum atomic E-state index is 5.79. The van der Waals surface area contributed by atoms with Gasteiger partial charge in [-0.15, -0.1) is 11.6 Å². The highest BCUT2D eigenvalue weighted by Gasteiger charge is 2.06. The molecule has 0 bridgehead atoms. The van der Waals surface area contributed by atoms with E-state index < -0.39 is 0 Å². The maximum Gasteiger partial charge on any atom is 0.131 e. The quantitative estimate of drug-likeness (QED) is 0.729. The number of hydrogen-bond donors (Lipinski definition) is 0. The molecule has 96 valence electrons. The Morgan fingerprint density at radius 2 is 1.94 bits per heavy atom. The number of pyridine rings is 1.